The summed E-state index contributed by atoms with van der Waals surface area (Å²) in [6.07, 6.45) is 15.6. The molecular formula is C23H38O3. The van der Waals surface area contributed by atoms with E-state index in [9.17, 15) is 4.79 Å². The lowest BCUT2D eigenvalue weighted by atomic mass is 10.0. The van der Waals surface area contributed by atoms with Crippen LogP contribution in [0.15, 0.2) is 24.3 Å². The van der Waals surface area contributed by atoms with E-state index in [0.29, 0.717) is 12.4 Å². The summed E-state index contributed by atoms with van der Waals surface area (Å²) < 4.78 is 10.3. The van der Waals surface area contributed by atoms with E-state index in [4.69, 9.17) is 9.47 Å². The summed E-state index contributed by atoms with van der Waals surface area (Å²) in [4.78, 5) is 11.6. The minimum atomic E-state index is -0.600. The maximum Gasteiger partial charge on any atom is 0.513 e. The summed E-state index contributed by atoms with van der Waals surface area (Å²) in [6.45, 7) is 4.86. The zero-order chi connectivity index (χ0) is 18.9. The molecule has 0 heterocycles. The SMILES string of the molecule is CCCCCCCCCCc1ccc(OC(=O)OCCCCCC)cc1. The number of carbonyl (C=O) groups excluding carboxylic acids is 1. The van der Waals surface area contributed by atoms with Crippen LogP contribution in [-0.2, 0) is 11.2 Å². The minimum absolute atomic E-state index is 0.440. The molecule has 0 atom stereocenters. The van der Waals surface area contributed by atoms with Crippen molar-refractivity contribution in [1.29, 1.82) is 0 Å². The normalized spacial score (nSPS) is 10.7. The molecule has 0 radical (unpaired) electrons. The Bertz CT molecular complexity index is 453. The fourth-order valence-corrected chi connectivity index (χ4v) is 3.00. The third-order valence-corrected chi connectivity index (χ3v) is 4.66. The second kappa shape index (κ2) is 15.7. The van der Waals surface area contributed by atoms with Gasteiger partial charge in [-0.3, -0.25) is 0 Å². The number of rotatable bonds is 15. The molecule has 0 N–H and O–H groups in total. The fraction of sp³-hybridized carbons (Fsp3) is 0.696. The second-order valence-corrected chi connectivity index (χ2v) is 7.13. The van der Waals surface area contributed by atoms with Crippen LogP contribution in [0.4, 0.5) is 4.79 Å². The minimum Gasteiger partial charge on any atom is -0.434 e. The molecule has 26 heavy (non-hydrogen) atoms. The van der Waals surface area contributed by atoms with Gasteiger partial charge in [-0.2, -0.15) is 0 Å². The number of hydrogen-bond acceptors (Lipinski definition) is 3. The van der Waals surface area contributed by atoms with Crippen LogP contribution in [0.3, 0.4) is 0 Å². The van der Waals surface area contributed by atoms with E-state index in [1.54, 1.807) is 0 Å². The van der Waals surface area contributed by atoms with Crippen molar-refractivity contribution in [2.75, 3.05) is 6.61 Å². The standard InChI is InChI=1S/C23H38O3/c1-3-5-7-9-10-11-12-13-15-21-16-18-22(19-17-21)26-23(24)25-20-14-8-6-4-2/h16-19H,3-15,20H2,1-2H3. The van der Waals surface area contributed by atoms with Crippen LogP contribution >= 0.6 is 0 Å². The molecule has 0 aromatic heterocycles. The van der Waals surface area contributed by atoms with Crippen molar-refractivity contribution in [2.45, 2.75) is 97.3 Å². The quantitative estimate of drug-likeness (QED) is 0.184. The molecule has 1 aromatic rings. The Morgan fingerprint density at radius 3 is 1.88 bits per heavy atom. The van der Waals surface area contributed by atoms with Crippen LogP contribution in [0.2, 0.25) is 0 Å². The van der Waals surface area contributed by atoms with Gasteiger partial charge in [-0.1, -0.05) is 90.2 Å². The van der Waals surface area contributed by atoms with Gasteiger partial charge in [0.1, 0.15) is 5.75 Å². The van der Waals surface area contributed by atoms with Gasteiger partial charge in [-0.15, -0.1) is 0 Å². The molecule has 0 bridgehead atoms. The first-order valence-corrected chi connectivity index (χ1v) is 10.7. The van der Waals surface area contributed by atoms with Gasteiger partial charge in [0.25, 0.3) is 0 Å². The molecule has 0 fully saturated rings. The van der Waals surface area contributed by atoms with Crippen molar-refractivity contribution in [3.8, 4) is 5.75 Å². The molecule has 1 rings (SSSR count). The molecular weight excluding hydrogens is 324 g/mol. The van der Waals surface area contributed by atoms with Crippen molar-refractivity contribution in [1.82, 2.24) is 0 Å². The number of aryl methyl sites for hydroxylation is 1. The highest BCUT2D eigenvalue weighted by Crippen LogP contribution is 2.16. The van der Waals surface area contributed by atoms with Crippen molar-refractivity contribution >= 4 is 6.16 Å². The average Bonchev–Trinajstić information content (AvgIpc) is 2.65. The van der Waals surface area contributed by atoms with E-state index in [0.717, 1.165) is 19.3 Å². The summed E-state index contributed by atoms with van der Waals surface area (Å²) in [5.41, 5.74) is 1.30. The van der Waals surface area contributed by atoms with Crippen LogP contribution in [-0.4, -0.2) is 12.8 Å². The molecule has 0 aliphatic heterocycles. The Kier molecular flexibility index (Phi) is 13.6. The van der Waals surface area contributed by atoms with E-state index >= 15 is 0 Å². The van der Waals surface area contributed by atoms with Gasteiger partial charge < -0.3 is 9.47 Å². The first-order chi connectivity index (χ1) is 12.8. The van der Waals surface area contributed by atoms with Gasteiger partial charge in [0.15, 0.2) is 0 Å². The highest BCUT2D eigenvalue weighted by atomic mass is 16.7. The highest BCUT2D eigenvalue weighted by molar-refractivity contribution is 5.63. The van der Waals surface area contributed by atoms with E-state index in [1.165, 1.54) is 69.8 Å². The monoisotopic (exact) mass is 362 g/mol. The van der Waals surface area contributed by atoms with Crippen LogP contribution < -0.4 is 4.74 Å². The van der Waals surface area contributed by atoms with Gasteiger partial charge >= 0.3 is 6.16 Å². The number of hydrogen-bond donors (Lipinski definition) is 0. The smallest absolute Gasteiger partial charge is 0.434 e. The Hall–Kier alpha value is -1.51. The van der Waals surface area contributed by atoms with Crippen molar-refractivity contribution in [3.05, 3.63) is 29.8 Å². The third-order valence-electron chi connectivity index (χ3n) is 4.66. The molecule has 0 aliphatic rings. The van der Waals surface area contributed by atoms with Gasteiger partial charge in [0, 0.05) is 0 Å². The van der Waals surface area contributed by atoms with Gasteiger partial charge in [-0.05, 0) is 37.0 Å². The summed E-state index contributed by atoms with van der Waals surface area (Å²) >= 11 is 0. The average molecular weight is 363 g/mol. The van der Waals surface area contributed by atoms with Crippen LogP contribution in [0.5, 0.6) is 5.75 Å². The number of carbonyl (C=O) groups is 1. The maximum absolute atomic E-state index is 11.6. The highest BCUT2D eigenvalue weighted by Gasteiger charge is 2.05. The Morgan fingerprint density at radius 1 is 0.731 bits per heavy atom. The molecule has 0 saturated carbocycles. The van der Waals surface area contributed by atoms with Crippen LogP contribution in [0.1, 0.15) is 96.5 Å². The summed E-state index contributed by atoms with van der Waals surface area (Å²) in [7, 11) is 0. The predicted molar refractivity (Wildman–Crippen MR) is 109 cm³/mol. The predicted octanol–water partition coefficient (Wildman–Crippen LogP) is 7.47. The Morgan fingerprint density at radius 2 is 1.27 bits per heavy atom. The molecule has 3 nitrogen and oxygen atoms in total. The third kappa shape index (κ3) is 11.9. The maximum atomic E-state index is 11.6. The summed E-state index contributed by atoms with van der Waals surface area (Å²) in [5.74, 6) is 0.559. The number of benzene rings is 1. The first kappa shape index (κ1) is 22.5. The lowest BCUT2D eigenvalue weighted by Gasteiger charge is -2.07. The largest absolute Gasteiger partial charge is 0.513 e. The van der Waals surface area contributed by atoms with Crippen molar-refractivity contribution in [3.63, 3.8) is 0 Å². The molecule has 0 unspecified atom stereocenters. The first-order valence-electron chi connectivity index (χ1n) is 10.7. The molecule has 1 aromatic carbocycles. The van der Waals surface area contributed by atoms with Gasteiger partial charge in [0.05, 0.1) is 6.61 Å². The van der Waals surface area contributed by atoms with E-state index < -0.39 is 6.16 Å². The topological polar surface area (TPSA) is 35.5 Å². The fourth-order valence-electron chi connectivity index (χ4n) is 3.00. The van der Waals surface area contributed by atoms with Crippen LogP contribution in [0, 0.1) is 0 Å². The van der Waals surface area contributed by atoms with E-state index in [2.05, 4.69) is 13.8 Å². The molecule has 3 heteroatoms. The lowest BCUT2D eigenvalue weighted by Crippen LogP contribution is -2.11. The van der Waals surface area contributed by atoms with Crippen molar-refractivity contribution in [2.24, 2.45) is 0 Å². The molecule has 0 aliphatic carbocycles. The number of unbranched alkanes of at least 4 members (excludes halogenated alkanes) is 10. The Labute approximate surface area is 160 Å². The van der Waals surface area contributed by atoms with Gasteiger partial charge in [0.2, 0.25) is 0 Å². The van der Waals surface area contributed by atoms with Gasteiger partial charge in [-0.25, -0.2) is 4.79 Å². The second-order valence-electron chi connectivity index (χ2n) is 7.13. The molecule has 148 valence electrons. The van der Waals surface area contributed by atoms with E-state index in [1.807, 2.05) is 24.3 Å². The molecule has 0 saturated heterocycles. The number of ether oxygens (including phenoxy) is 2. The van der Waals surface area contributed by atoms with Crippen molar-refractivity contribution < 1.29 is 14.3 Å². The zero-order valence-corrected chi connectivity index (χ0v) is 16.9. The summed E-state index contributed by atoms with van der Waals surface area (Å²) in [6, 6.07) is 7.81. The summed E-state index contributed by atoms with van der Waals surface area (Å²) in [5, 5.41) is 0. The zero-order valence-electron chi connectivity index (χ0n) is 16.9. The van der Waals surface area contributed by atoms with E-state index in [-0.39, 0.29) is 0 Å². The lowest BCUT2D eigenvalue weighted by molar-refractivity contribution is 0.0973. The molecule has 0 spiro atoms. The Balaban J connectivity index is 2.10. The molecule has 0 amide bonds. The van der Waals surface area contributed by atoms with Crippen LogP contribution in [0.25, 0.3) is 0 Å².